The highest BCUT2D eigenvalue weighted by Crippen LogP contribution is 2.21. The molecule has 2 rings (SSSR count). The quantitative estimate of drug-likeness (QED) is 0.827. The number of aliphatic carboxylic acids is 1. The third kappa shape index (κ3) is 3.81. The molecule has 0 aliphatic carbocycles. The van der Waals surface area contributed by atoms with E-state index >= 15 is 0 Å². The Morgan fingerprint density at radius 1 is 1.65 bits per heavy atom. The van der Waals surface area contributed by atoms with E-state index in [4.69, 9.17) is 5.11 Å². The maximum atomic E-state index is 10.6. The lowest BCUT2D eigenvalue weighted by molar-refractivity contribution is -0.131. The molecule has 1 fully saturated rings. The summed E-state index contributed by atoms with van der Waals surface area (Å²) in [5, 5.41) is 8.74. The zero-order valence-electron chi connectivity index (χ0n) is 12.0. The van der Waals surface area contributed by atoms with Crippen LogP contribution in [0.5, 0.6) is 0 Å². The van der Waals surface area contributed by atoms with Gasteiger partial charge < -0.3 is 14.9 Å². The number of carbonyl (C=O) groups is 1. The molecule has 0 amide bonds. The zero-order chi connectivity index (χ0) is 14.5. The van der Waals surface area contributed by atoms with Crippen LogP contribution < -0.4 is 4.90 Å². The second-order valence-corrected chi connectivity index (χ2v) is 5.39. The van der Waals surface area contributed by atoms with E-state index in [1.807, 2.05) is 19.2 Å². The Morgan fingerprint density at radius 3 is 3.10 bits per heavy atom. The number of nitrogens with zero attached hydrogens (tertiary/aromatic N) is 3. The van der Waals surface area contributed by atoms with Gasteiger partial charge in [0.25, 0.3) is 0 Å². The number of pyridine rings is 1. The van der Waals surface area contributed by atoms with E-state index in [0.717, 1.165) is 37.1 Å². The van der Waals surface area contributed by atoms with Gasteiger partial charge in [-0.3, -0.25) is 0 Å². The summed E-state index contributed by atoms with van der Waals surface area (Å²) in [6.45, 7) is 3.19. The highest BCUT2D eigenvalue weighted by molar-refractivity contribution is 5.86. The minimum atomic E-state index is -0.945. The zero-order valence-corrected chi connectivity index (χ0v) is 12.0. The number of carboxylic acids is 1. The van der Waals surface area contributed by atoms with Gasteiger partial charge in [-0.15, -0.1) is 0 Å². The molecule has 1 saturated heterocycles. The molecule has 20 heavy (non-hydrogen) atoms. The van der Waals surface area contributed by atoms with Crippen molar-refractivity contribution in [2.24, 2.45) is 5.92 Å². The third-order valence-electron chi connectivity index (χ3n) is 3.60. The van der Waals surface area contributed by atoms with Crippen molar-refractivity contribution >= 4 is 17.9 Å². The SMILES string of the molecule is CN1CCC(CN(C)c2ncccc2/C=C/C(=O)O)C1. The molecular weight excluding hydrogens is 254 g/mol. The highest BCUT2D eigenvalue weighted by atomic mass is 16.4. The predicted molar refractivity (Wildman–Crippen MR) is 79.8 cm³/mol. The average Bonchev–Trinajstić information content (AvgIpc) is 2.82. The molecule has 1 aromatic rings. The fourth-order valence-electron chi connectivity index (χ4n) is 2.67. The summed E-state index contributed by atoms with van der Waals surface area (Å²) in [7, 11) is 4.15. The normalized spacial score (nSPS) is 19.6. The smallest absolute Gasteiger partial charge is 0.328 e. The fourth-order valence-corrected chi connectivity index (χ4v) is 2.67. The number of hydrogen-bond donors (Lipinski definition) is 1. The Labute approximate surface area is 119 Å². The number of hydrogen-bond acceptors (Lipinski definition) is 4. The molecule has 0 saturated carbocycles. The van der Waals surface area contributed by atoms with Gasteiger partial charge in [-0.1, -0.05) is 0 Å². The first-order chi connectivity index (χ1) is 9.56. The predicted octanol–water partition coefficient (Wildman–Crippen LogP) is 1.57. The van der Waals surface area contributed by atoms with Crippen LogP contribution in [0.2, 0.25) is 0 Å². The van der Waals surface area contributed by atoms with Gasteiger partial charge >= 0.3 is 5.97 Å². The number of carboxylic acid groups (broad SMARTS) is 1. The lowest BCUT2D eigenvalue weighted by atomic mass is 10.1. The first kappa shape index (κ1) is 14.5. The van der Waals surface area contributed by atoms with Gasteiger partial charge in [-0.25, -0.2) is 9.78 Å². The second kappa shape index (κ2) is 6.52. The Balaban J connectivity index is 2.09. The molecule has 5 nitrogen and oxygen atoms in total. The van der Waals surface area contributed by atoms with Gasteiger partial charge in [0.1, 0.15) is 5.82 Å². The van der Waals surface area contributed by atoms with E-state index in [0.29, 0.717) is 5.92 Å². The van der Waals surface area contributed by atoms with Gasteiger partial charge in [0.15, 0.2) is 0 Å². The second-order valence-electron chi connectivity index (χ2n) is 5.39. The van der Waals surface area contributed by atoms with Gasteiger partial charge in [-0.2, -0.15) is 0 Å². The molecular formula is C15H21N3O2. The largest absolute Gasteiger partial charge is 0.478 e. The summed E-state index contributed by atoms with van der Waals surface area (Å²) >= 11 is 0. The van der Waals surface area contributed by atoms with E-state index in [-0.39, 0.29) is 0 Å². The topological polar surface area (TPSA) is 56.7 Å². The molecule has 5 heteroatoms. The minimum Gasteiger partial charge on any atom is -0.478 e. The van der Waals surface area contributed by atoms with Crippen LogP contribution in [-0.2, 0) is 4.79 Å². The van der Waals surface area contributed by atoms with Crippen molar-refractivity contribution in [3.05, 3.63) is 30.0 Å². The van der Waals surface area contributed by atoms with E-state index in [1.54, 1.807) is 12.3 Å². The van der Waals surface area contributed by atoms with Crippen molar-refractivity contribution in [3.8, 4) is 0 Å². The maximum absolute atomic E-state index is 10.6. The van der Waals surface area contributed by atoms with Gasteiger partial charge in [-0.05, 0) is 44.1 Å². The van der Waals surface area contributed by atoms with Gasteiger partial charge in [0, 0.05) is 38.0 Å². The lowest BCUT2D eigenvalue weighted by Gasteiger charge is -2.23. The summed E-state index contributed by atoms with van der Waals surface area (Å²) in [6.07, 6.45) is 5.69. The molecule has 0 aromatic carbocycles. The third-order valence-corrected chi connectivity index (χ3v) is 3.60. The average molecular weight is 275 g/mol. The Morgan fingerprint density at radius 2 is 2.45 bits per heavy atom. The van der Waals surface area contributed by atoms with Crippen molar-refractivity contribution in [1.29, 1.82) is 0 Å². The summed E-state index contributed by atoms with van der Waals surface area (Å²) in [5.74, 6) is 0.530. The van der Waals surface area contributed by atoms with Crippen LogP contribution in [0.3, 0.4) is 0 Å². The van der Waals surface area contributed by atoms with Crippen LogP contribution in [0.4, 0.5) is 5.82 Å². The first-order valence-electron chi connectivity index (χ1n) is 6.82. The van der Waals surface area contributed by atoms with Crippen LogP contribution in [0.1, 0.15) is 12.0 Å². The molecule has 108 valence electrons. The van der Waals surface area contributed by atoms with Crippen molar-refractivity contribution in [2.75, 3.05) is 38.6 Å². The molecule has 1 aliphatic heterocycles. The maximum Gasteiger partial charge on any atom is 0.328 e. The molecule has 1 aromatic heterocycles. The Hall–Kier alpha value is -1.88. The number of anilines is 1. The van der Waals surface area contributed by atoms with Crippen molar-refractivity contribution in [1.82, 2.24) is 9.88 Å². The molecule has 1 unspecified atom stereocenters. The first-order valence-corrected chi connectivity index (χ1v) is 6.82. The Bertz CT molecular complexity index is 502. The van der Waals surface area contributed by atoms with Gasteiger partial charge in [0.2, 0.25) is 0 Å². The van der Waals surface area contributed by atoms with Crippen molar-refractivity contribution in [3.63, 3.8) is 0 Å². The van der Waals surface area contributed by atoms with Crippen LogP contribution in [-0.4, -0.2) is 54.7 Å². The highest BCUT2D eigenvalue weighted by Gasteiger charge is 2.21. The molecule has 0 radical (unpaired) electrons. The van der Waals surface area contributed by atoms with Crippen molar-refractivity contribution in [2.45, 2.75) is 6.42 Å². The molecule has 0 bridgehead atoms. The summed E-state index contributed by atoms with van der Waals surface area (Å²) in [6, 6.07) is 3.71. The van der Waals surface area contributed by atoms with E-state index in [1.165, 1.54) is 6.42 Å². The summed E-state index contributed by atoms with van der Waals surface area (Å²) < 4.78 is 0. The number of aromatic nitrogens is 1. The lowest BCUT2D eigenvalue weighted by Crippen LogP contribution is -2.28. The summed E-state index contributed by atoms with van der Waals surface area (Å²) in [4.78, 5) is 19.5. The molecule has 2 heterocycles. The Kier molecular flexibility index (Phi) is 4.74. The van der Waals surface area contributed by atoms with E-state index in [9.17, 15) is 4.79 Å². The number of rotatable bonds is 5. The van der Waals surface area contributed by atoms with E-state index in [2.05, 4.69) is 21.8 Å². The van der Waals surface area contributed by atoms with Crippen LogP contribution in [0.15, 0.2) is 24.4 Å². The van der Waals surface area contributed by atoms with Crippen LogP contribution in [0.25, 0.3) is 6.08 Å². The molecule has 0 spiro atoms. The molecule has 1 aliphatic rings. The molecule has 1 N–H and O–H groups in total. The monoisotopic (exact) mass is 275 g/mol. The number of likely N-dealkylation sites (tertiary alicyclic amines) is 1. The van der Waals surface area contributed by atoms with Crippen LogP contribution >= 0.6 is 0 Å². The molecule has 1 atom stereocenters. The summed E-state index contributed by atoms with van der Waals surface area (Å²) in [5.41, 5.74) is 0.837. The van der Waals surface area contributed by atoms with E-state index < -0.39 is 5.97 Å². The van der Waals surface area contributed by atoms with Gasteiger partial charge in [0.05, 0.1) is 0 Å². The fraction of sp³-hybridized carbons (Fsp3) is 0.467. The minimum absolute atomic E-state index is 0.642. The van der Waals surface area contributed by atoms with Crippen molar-refractivity contribution < 1.29 is 9.90 Å². The standard InChI is InChI=1S/C15H21N3O2/c1-17-9-7-12(10-17)11-18(2)15-13(4-3-8-16-15)5-6-14(19)20/h3-6,8,12H,7,9-11H2,1-2H3,(H,19,20)/b6-5+. The van der Waals surface area contributed by atoms with Crippen LogP contribution in [0, 0.1) is 5.92 Å².